The number of ether oxygens (including phenoxy) is 1. The lowest BCUT2D eigenvalue weighted by Gasteiger charge is -2.09. The van der Waals surface area contributed by atoms with Crippen molar-refractivity contribution in [1.29, 1.82) is 0 Å². The molecular weight excluding hydrogens is 326 g/mol. The first kappa shape index (κ1) is 14.1. The number of hydrogen-bond acceptors (Lipinski definition) is 3. The summed E-state index contributed by atoms with van der Waals surface area (Å²) in [6, 6.07) is 7.54. The number of nitrogens with one attached hydrogen (secondary N) is 1. The number of hydrogen-bond donors (Lipinski definition) is 1. The van der Waals surface area contributed by atoms with Crippen LogP contribution in [0, 0.1) is 6.92 Å². The highest BCUT2D eigenvalue weighted by Crippen LogP contribution is 2.23. The number of aryl methyl sites for hydroxylation is 1. The number of halogens is 1. The molecule has 2 rings (SSSR count). The summed E-state index contributed by atoms with van der Waals surface area (Å²) in [5.41, 5.74) is 1.60. The molecule has 0 bridgehead atoms. The Bertz CT molecular complexity index is 595. The van der Waals surface area contributed by atoms with Crippen molar-refractivity contribution in [3.05, 3.63) is 50.1 Å². The van der Waals surface area contributed by atoms with Gasteiger partial charge in [-0.25, -0.2) is 0 Å². The highest BCUT2D eigenvalue weighted by molar-refractivity contribution is 9.10. The fourth-order valence-corrected chi connectivity index (χ4v) is 3.14. The molecule has 1 N–H and O–H groups in total. The molecule has 19 heavy (non-hydrogen) atoms. The van der Waals surface area contributed by atoms with Crippen molar-refractivity contribution in [1.82, 2.24) is 5.32 Å². The molecule has 0 unspecified atom stereocenters. The predicted octanol–water partition coefficient (Wildman–Crippen LogP) is 3.76. The minimum atomic E-state index is -0.124. The SMILES string of the molecule is COc1ccc(C)cc1C(=O)NCc1sccc1Br. The number of methoxy groups -OCH3 is 1. The standard InChI is InChI=1S/C14H14BrNO2S/c1-9-3-4-12(18-2)10(7-9)14(17)16-8-13-11(15)5-6-19-13/h3-7H,8H2,1-2H3,(H,16,17). The topological polar surface area (TPSA) is 38.3 Å². The van der Waals surface area contributed by atoms with Crippen molar-refractivity contribution in [2.75, 3.05) is 7.11 Å². The van der Waals surface area contributed by atoms with Crippen LogP contribution in [-0.2, 0) is 6.54 Å². The number of carbonyl (C=O) groups excluding carboxylic acids is 1. The van der Waals surface area contributed by atoms with E-state index >= 15 is 0 Å². The summed E-state index contributed by atoms with van der Waals surface area (Å²) in [4.78, 5) is 13.3. The molecule has 1 amide bonds. The summed E-state index contributed by atoms with van der Waals surface area (Å²) in [5, 5.41) is 4.89. The molecule has 0 spiro atoms. The summed E-state index contributed by atoms with van der Waals surface area (Å²) in [5.74, 6) is 0.467. The summed E-state index contributed by atoms with van der Waals surface area (Å²) in [6.45, 7) is 2.46. The number of rotatable bonds is 4. The highest BCUT2D eigenvalue weighted by Gasteiger charge is 2.12. The predicted molar refractivity (Wildman–Crippen MR) is 80.9 cm³/mol. The zero-order valence-corrected chi connectivity index (χ0v) is 13.1. The second-order valence-corrected chi connectivity index (χ2v) is 5.93. The molecule has 0 fully saturated rings. The fourth-order valence-electron chi connectivity index (χ4n) is 1.71. The number of benzene rings is 1. The molecule has 1 heterocycles. The Morgan fingerprint density at radius 3 is 2.84 bits per heavy atom. The maximum atomic E-state index is 12.2. The van der Waals surface area contributed by atoms with Gasteiger partial charge in [-0.15, -0.1) is 11.3 Å². The minimum Gasteiger partial charge on any atom is -0.496 e. The normalized spacial score (nSPS) is 10.3. The van der Waals surface area contributed by atoms with Gasteiger partial charge in [-0.1, -0.05) is 11.6 Å². The van der Waals surface area contributed by atoms with Gasteiger partial charge in [-0.05, 0) is 46.4 Å². The Hall–Kier alpha value is -1.33. The van der Waals surface area contributed by atoms with E-state index in [1.807, 2.05) is 36.6 Å². The van der Waals surface area contributed by atoms with E-state index in [1.165, 1.54) is 0 Å². The van der Waals surface area contributed by atoms with Crippen molar-refractivity contribution in [2.24, 2.45) is 0 Å². The highest BCUT2D eigenvalue weighted by atomic mass is 79.9. The molecule has 1 aromatic carbocycles. The Balaban J connectivity index is 2.12. The van der Waals surface area contributed by atoms with Gasteiger partial charge < -0.3 is 10.1 Å². The molecule has 100 valence electrons. The Morgan fingerprint density at radius 1 is 1.42 bits per heavy atom. The van der Waals surface area contributed by atoms with Crippen LogP contribution >= 0.6 is 27.3 Å². The van der Waals surface area contributed by atoms with Crippen LogP contribution in [0.15, 0.2) is 34.1 Å². The van der Waals surface area contributed by atoms with Gasteiger partial charge in [0.2, 0.25) is 0 Å². The first-order valence-corrected chi connectivity index (χ1v) is 7.44. The first-order valence-electron chi connectivity index (χ1n) is 5.76. The molecule has 5 heteroatoms. The summed E-state index contributed by atoms with van der Waals surface area (Å²) in [6.07, 6.45) is 0. The smallest absolute Gasteiger partial charge is 0.255 e. The average molecular weight is 340 g/mol. The molecule has 2 aromatic rings. The van der Waals surface area contributed by atoms with Crippen LogP contribution in [0.1, 0.15) is 20.8 Å². The molecule has 0 saturated carbocycles. The number of amides is 1. The van der Waals surface area contributed by atoms with Crippen molar-refractivity contribution >= 4 is 33.2 Å². The van der Waals surface area contributed by atoms with E-state index in [2.05, 4.69) is 21.2 Å². The van der Waals surface area contributed by atoms with Crippen LogP contribution in [0.3, 0.4) is 0 Å². The third-order valence-electron chi connectivity index (χ3n) is 2.70. The molecule has 0 saturated heterocycles. The summed E-state index contributed by atoms with van der Waals surface area (Å²) in [7, 11) is 1.57. The van der Waals surface area contributed by atoms with Crippen molar-refractivity contribution in [3.63, 3.8) is 0 Å². The van der Waals surface area contributed by atoms with Gasteiger partial charge in [-0.3, -0.25) is 4.79 Å². The van der Waals surface area contributed by atoms with E-state index in [4.69, 9.17) is 4.74 Å². The maximum Gasteiger partial charge on any atom is 0.255 e. The molecule has 0 radical (unpaired) electrons. The van der Waals surface area contributed by atoms with Gasteiger partial charge in [0.25, 0.3) is 5.91 Å². The van der Waals surface area contributed by atoms with E-state index < -0.39 is 0 Å². The molecule has 0 aliphatic rings. The summed E-state index contributed by atoms with van der Waals surface area (Å²) >= 11 is 5.05. The minimum absolute atomic E-state index is 0.124. The van der Waals surface area contributed by atoms with Crippen LogP contribution in [0.2, 0.25) is 0 Å². The number of carbonyl (C=O) groups is 1. The second kappa shape index (κ2) is 6.21. The lowest BCUT2D eigenvalue weighted by molar-refractivity contribution is 0.0948. The van der Waals surface area contributed by atoms with Crippen LogP contribution in [0.5, 0.6) is 5.75 Å². The summed E-state index contributed by atoms with van der Waals surface area (Å²) < 4.78 is 6.24. The van der Waals surface area contributed by atoms with Crippen LogP contribution in [0.4, 0.5) is 0 Å². The van der Waals surface area contributed by atoms with Gasteiger partial charge in [0, 0.05) is 9.35 Å². The van der Waals surface area contributed by atoms with Crippen LogP contribution in [-0.4, -0.2) is 13.0 Å². The second-order valence-electron chi connectivity index (χ2n) is 4.08. The van der Waals surface area contributed by atoms with Gasteiger partial charge in [0.1, 0.15) is 5.75 Å². The van der Waals surface area contributed by atoms with E-state index in [0.717, 1.165) is 14.9 Å². The third kappa shape index (κ3) is 3.36. The lowest BCUT2D eigenvalue weighted by Crippen LogP contribution is -2.23. The third-order valence-corrected chi connectivity index (χ3v) is 4.63. The van der Waals surface area contributed by atoms with Gasteiger partial charge in [0.05, 0.1) is 19.2 Å². The molecule has 0 aliphatic carbocycles. The largest absolute Gasteiger partial charge is 0.496 e. The maximum absolute atomic E-state index is 12.2. The molecule has 0 aliphatic heterocycles. The molecule has 3 nitrogen and oxygen atoms in total. The zero-order valence-electron chi connectivity index (χ0n) is 10.7. The van der Waals surface area contributed by atoms with E-state index in [1.54, 1.807) is 18.4 Å². The van der Waals surface area contributed by atoms with Gasteiger partial charge >= 0.3 is 0 Å². The van der Waals surface area contributed by atoms with E-state index in [0.29, 0.717) is 17.9 Å². The Labute approximate surface area is 124 Å². The lowest BCUT2D eigenvalue weighted by atomic mass is 10.1. The van der Waals surface area contributed by atoms with Crippen molar-refractivity contribution in [2.45, 2.75) is 13.5 Å². The first-order chi connectivity index (χ1) is 9.11. The van der Waals surface area contributed by atoms with Crippen molar-refractivity contribution < 1.29 is 9.53 Å². The Morgan fingerprint density at radius 2 is 2.21 bits per heavy atom. The number of thiophene rings is 1. The average Bonchev–Trinajstić information content (AvgIpc) is 2.81. The van der Waals surface area contributed by atoms with Gasteiger partial charge in [0.15, 0.2) is 0 Å². The van der Waals surface area contributed by atoms with Gasteiger partial charge in [-0.2, -0.15) is 0 Å². The monoisotopic (exact) mass is 339 g/mol. The van der Waals surface area contributed by atoms with Crippen LogP contribution < -0.4 is 10.1 Å². The quantitative estimate of drug-likeness (QED) is 0.920. The molecular formula is C14H14BrNO2S. The fraction of sp³-hybridized carbons (Fsp3) is 0.214. The molecule has 0 atom stereocenters. The van der Waals surface area contributed by atoms with E-state index in [-0.39, 0.29) is 5.91 Å². The van der Waals surface area contributed by atoms with E-state index in [9.17, 15) is 4.79 Å². The van der Waals surface area contributed by atoms with Crippen LogP contribution in [0.25, 0.3) is 0 Å². The molecule has 1 aromatic heterocycles. The van der Waals surface area contributed by atoms with Crippen molar-refractivity contribution in [3.8, 4) is 5.75 Å². The zero-order chi connectivity index (χ0) is 13.8. The Kier molecular flexibility index (Phi) is 4.61.